The van der Waals surface area contributed by atoms with Crippen LogP contribution in [0.25, 0.3) is 0 Å². The van der Waals surface area contributed by atoms with Crippen molar-refractivity contribution in [2.24, 2.45) is 0 Å². The van der Waals surface area contributed by atoms with Gasteiger partial charge < -0.3 is 4.74 Å². The lowest BCUT2D eigenvalue weighted by Crippen LogP contribution is -2.46. The van der Waals surface area contributed by atoms with Gasteiger partial charge in [-0.15, -0.1) is 0 Å². The summed E-state index contributed by atoms with van der Waals surface area (Å²) in [5.74, 6) is 1.03. The lowest BCUT2D eigenvalue weighted by molar-refractivity contribution is 0.0814. The molecule has 0 bridgehead atoms. The predicted octanol–water partition coefficient (Wildman–Crippen LogP) is 4.92. The molecule has 0 amide bonds. The van der Waals surface area contributed by atoms with Crippen LogP contribution >= 0.6 is 0 Å². The molecule has 2 nitrogen and oxygen atoms in total. The van der Waals surface area contributed by atoms with E-state index < -0.39 is 0 Å². The Hall–Kier alpha value is -1.80. The highest BCUT2D eigenvalue weighted by atomic mass is 16.5. The number of hydrogen-bond acceptors (Lipinski definition) is 2. The molecule has 1 saturated heterocycles. The standard InChI is InChI=1S/C22H29NO/c1-18-10-8-9-15-23(18)19(2)17-24-22-14-7-6-13-21(22)16-20-11-4-3-5-12-20/h3-7,11-14,18-19H,8-10,15-17H2,1-2H3/t18-,19?/m1/s1. The van der Waals surface area contributed by atoms with Crippen LogP contribution in [-0.2, 0) is 6.42 Å². The molecule has 128 valence electrons. The van der Waals surface area contributed by atoms with E-state index in [0.29, 0.717) is 12.1 Å². The maximum atomic E-state index is 6.23. The molecule has 1 aliphatic rings. The third kappa shape index (κ3) is 4.39. The Balaban J connectivity index is 1.63. The molecule has 1 unspecified atom stereocenters. The summed E-state index contributed by atoms with van der Waals surface area (Å²) in [4.78, 5) is 2.60. The molecule has 1 fully saturated rings. The minimum absolute atomic E-state index is 0.463. The summed E-state index contributed by atoms with van der Waals surface area (Å²) in [6.07, 6.45) is 4.92. The smallest absolute Gasteiger partial charge is 0.122 e. The van der Waals surface area contributed by atoms with Crippen molar-refractivity contribution in [1.82, 2.24) is 4.90 Å². The van der Waals surface area contributed by atoms with Gasteiger partial charge in [-0.3, -0.25) is 4.90 Å². The summed E-state index contributed by atoms with van der Waals surface area (Å²) in [6.45, 7) is 6.61. The molecule has 1 aliphatic heterocycles. The summed E-state index contributed by atoms with van der Waals surface area (Å²) in [5.41, 5.74) is 2.59. The highest BCUT2D eigenvalue weighted by Gasteiger charge is 2.23. The molecular formula is C22H29NO. The molecule has 0 saturated carbocycles. The second-order valence-corrected chi connectivity index (χ2v) is 7.01. The van der Waals surface area contributed by atoms with Gasteiger partial charge >= 0.3 is 0 Å². The highest BCUT2D eigenvalue weighted by Crippen LogP contribution is 2.23. The van der Waals surface area contributed by atoms with Crippen molar-refractivity contribution in [2.75, 3.05) is 13.2 Å². The molecule has 2 aromatic carbocycles. The Morgan fingerprint density at radius 2 is 1.79 bits per heavy atom. The SMILES string of the molecule is CC(COc1ccccc1Cc1ccccc1)N1CCCC[C@H]1C. The van der Waals surface area contributed by atoms with Gasteiger partial charge in [0.1, 0.15) is 12.4 Å². The molecule has 0 aromatic heterocycles. The van der Waals surface area contributed by atoms with Gasteiger partial charge in [0, 0.05) is 18.5 Å². The molecule has 0 N–H and O–H groups in total. The number of nitrogens with zero attached hydrogens (tertiary/aromatic N) is 1. The topological polar surface area (TPSA) is 12.5 Å². The first-order chi connectivity index (χ1) is 11.7. The first-order valence-corrected chi connectivity index (χ1v) is 9.24. The molecule has 2 heteroatoms. The third-order valence-corrected chi connectivity index (χ3v) is 5.11. The van der Waals surface area contributed by atoms with E-state index >= 15 is 0 Å². The molecule has 0 aliphatic carbocycles. The molecule has 0 radical (unpaired) electrons. The van der Waals surface area contributed by atoms with Crippen LogP contribution in [-0.4, -0.2) is 30.1 Å². The van der Waals surface area contributed by atoms with Crippen LogP contribution in [0, 0.1) is 0 Å². The number of benzene rings is 2. The Bertz CT molecular complexity index is 625. The summed E-state index contributed by atoms with van der Waals surface area (Å²) < 4.78 is 6.23. The fourth-order valence-corrected chi connectivity index (χ4v) is 3.69. The van der Waals surface area contributed by atoms with Crippen molar-refractivity contribution < 1.29 is 4.74 Å². The monoisotopic (exact) mass is 323 g/mol. The average molecular weight is 323 g/mol. The van der Waals surface area contributed by atoms with Crippen molar-refractivity contribution in [3.8, 4) is 5.75 Å². The van der Waals surface area contributed by atoms with Gasteiger partial charge in [0.2, 0.25) is 0 Å². The zero-order valence-electron chi connectivity index (χ0n) is 14.9. The Morgan fingerprint density at radius 1 is 1.04 bits per heavy atom. The molecule has 2 atom stereocenters. The van der Waals surface area contributed by atoms with E-state index in [9.17, 15) is 0 Å². The van der Waals surface area contributed by atoms with E-state index in [-0.39, 0.29) is 0 Å². The number of piperidine rings is 1. The number of rotatable bonds is 6. The van der Waals surface area contributed by atoms with Crippen LogP contribution in [0.2, 0.25) is 0 Å². The predicted molar refractivity (Wildman–Crippen MR) is 101 cm³/mol. The van der Waals surface area contributed by atoms with Crippen molar-refractivity contribution in [3.63, 3.8) is 0 Å². The van der Waals surface area contributed by atoms with E-state index in [1.165, 1.54) is 36.9 Å². The summed E-state index contributed by atoms with van der Waals surface area (Å²) in [7, 11) is 0. The molecule has 24 heavy (non-hydrogen) atoms. The zero-order chi connectivity index (χ0) is 16.8. The Morgan fingerprint density at radius 3 is 2.58 bits per heavy atom. The van der Waals surface area contributed by atoms with Gasteiger partial charge in [0.25, 0.3) is 0 Å². The lowest BCUT2D eigenvalue weighted by atomic mass is 10.0. The van der Waals surface area contributed by atoms with Crippen LogP contribution in [0.15, 0.2) is 54.6 Å². The first-order valence-electron chi connectivity index (χ1n) is 9.24. The van der Waals surface area contributed by atoms with Gasteiger partial charge in [0.15, 0.2) is 0 Å². The quantitative estimate of drug-likeness (QED) is 0.748. The second-order valence-electron chi connectivity index (χ2n) is 7.01. The van der Waals surface area contributed by atoms with E-state index in [1.807, 2.05) is 0 Å². The van der Waals surface area contributed by atoms with Crippen molar-refractivity contribution >= 4 is 0 Å². The van der Waals surface area contributed by atoms with Gasteiger partial charge in [-0.1, -0.05) is 55.0 Å². The molecular weight excluding hydrogens is 294 g/mol. The van der Waals surface area contributed by atoms with E-state index in [4.69, 9.17) is 4.74 Å². The van der Waals surface area contributed by atoms with Gasteiger partial charge in [0.05, 0.1) is 0 Å². The minimum atomic E-state index is 0.463. The number of para-hydroxylation sites is 1. The fourth-order valence-electron chi connectivity index (χ4n) is 3.69. The fraction of sp³-hybridized carbons (Fsp3) is 0.455. The Labute approximate surface area is 146 Å². The van der Waals surface area contributed by atoms with Crippen molar-refractivity contribution in [1.29, 1.82) is 0 Å². The number of ether oxygens (including phenoxy) is 1. The average Bonchev–Trinajstić information content (AvgIpc) is 2.62. The van der Waals surface area contributed by atoms with E-state index in [0.717, 1.165) is 18.8 Å². The summed E-state index contributed by atoms with van der Waals surface area (Å²) in [6, 6.07) is 20.2. The number of hydrogen-bond donors (Lipinski definition) is 0. The van der Waals surface area contributed by atoms with E-state index in [2.05, 4.69) is 73.3 Å². The van der Waals surface area contributed by atoms with Gasteiger partial charge in [-0.25, -0.2) is 0 Å². The van der Waals surface area contributed by atoms with Crippen LogP contribution in [0.3, 0.4) is 0 Å². The van der Waals surface area contributed by atoms with Crippen LogP contribution in [0.1, 0.15) is 44.2 Å². The van der Waals surface area contributed by atoms with Gasteiger partial charge in [-0.2, -0.15) is 0 Å². The molecule has 3 rings (SSSR count). The van der Waals surface area contributed by atoms with Crippen LogP contribution < -0.4 is 4.74 Å². The zero-order valence-corrected chi connectivity index (χ0v) is 14.9. The first kappa shape index (κ1) is 17.0. The molecule has 0 spiro atoms. The lowest BCUT2D eigenvalue weighted by Gasteiger charge is -2.37. The molecule has 2 aromatic rings. The van der Waals surface area contributed by atoms with Crippen molar-refractivity contribution in [2.45, 2.75) is 51.6 Å². The largest absolute Gasteiger partial charge is 0.492 e. The normalized spacial score (nSPS) is 19.8. The van der Waals surface area contributed by atoms with E-state index in [1.54, 1.807) is 0 Å². The highest BCUT2D eigenvalue weighted by molar-refractivity contribution is 5.37. The maximum Gasteiger partial charge on any atom is 0.122 e. The van der Waals surface area contributed by atoms with Gasteiger partial charge in [-0.05, 0) is 50.4 Å². The maximum absolute atomic E-state index is 6.23. The molecule has 1 heterocycles. The minimum Gasteiger partial charge on any atom is -0.492 e. The van der Waals surface area contributed by atoms with Crippen LogP contribution in [0.4, 0.5) is 0 Å². The Kier molecular flexibility index (Phi) is 5.92. The summed E-state index contributed by atoms with van der Waals surface area (Å²) in [5, 5.41) is 0. The number of likely N-dealkylation sites (tertiary alicyclic amines) is 1. The third-order valence-electron chi connectivity index (χ3n) is 5.11. The second kappa shape index (κ2) is 8.34. The summed E-state index contributed by atoms with van der Waals surface area (Å²) >= 11 is 0. The van der Waals surface area contributed by atoms with Crippen molar-refractivity contribution in [3.05, 3.63) is 65.7 Å². The van der Waals surface area contributed by atoms with Crippen LogP contribution in [0.5, 0.6) is 5.75 Å².